The van der Waals surface area contributed by atoms with Gasteiger partial charge in [-0.3, -0.25) is 4.79 Å². The van der Waals surface area contributed by atoms with E-state index in [0.717, 1.165) is 0 Å². The number of carbonyl (C=O) groups excluding carboxylic acids is 1. The Morgan fingerprint density at radius 2 is 2.00 bits per heavy atom. The second-order valence-corrected chi connectivity index (χ2v) is 5.50. The van der Waals surface area contributed by atoms with Crippen LogP contribution in [0.5, 0.6) is 0 Å². The minimum absolute atomic E-state index is 0.0115. The van der Waals surface area contributed by atoms with Gasteiger partial charge >= 0.3 is 0 Å². The third kappa shape index (κ3) is 3.28. The predicted octanol–water partition coefficient (Wildman–Crippen LogP) is 0.189. The SMILES string of the molecule is CNC(C)C(=O)Nc1cccc(S(N)(=O)=O)c1C. The van der Waals surface area contributed by atoms with E-state index in [9.17, 15) is 13.2 Å². The standard InChI is InChI=1S/C11H17N3O3S/c1-7-9(14-11(15)8(2)13-3)5-4-6-10(7)18(12,16)17/h4-6,8,13H,1-3H3,(H,14,15)(H2,12,16,17). The summed E-state index contributed by atoms with van der Waals surface area (Å²) in [6.07, 6.45) is 0. The van der Waals surface area contributed by atoms with Crippen LogP contribution < -0.4 is 15.8 Å². The zero-order chi connectivity index (χ0) is 13.9. The van der Waals surface area contributed by atoms with Crippen molar-refractivity contribution in [1.29, 1.82) is 0 Å². The van der Waals surface area contributed by atoms with Crippen LogP contribution in [0.3, 0.4) is 0 Å². The lowest BCUT2D eigenvalue weighted by Gasteiger charge is -2.14. The molecule has 1 aromatic rings. The Morgan fingerprint density at radius 3 is 2.50 bits per heavy atom. The van der Waals surface area contributed by atoms with E-state index in [4.69, 9.17) is 5.14 Å². The van der Waals surface area contributed by atoms with E-state index >= 15 is 0 Å². The normalized spacial score (nSPS) is 13.1. The first-order chi connectivity index (χ1) is 8.27. The molecule has 1 atom stereocenters. The molecule has 0 heterocycles. The summed E-state index contributed by atoms with van der Waals surface area (Å²) in [6, 6.07) is 4.20. The fourth-order valence-electron chi connectivity index (χ4n) is 1.43. The maximum atomic E-state index is 11.7. The fraction of sp³-hybridized carbons (Fsp3) is 0.364. The molecule has 0 aromatic heterocycles. The third-order valence-corrected chi connectivity index (χ3v) is 3.73. The van der Waals surface area contributed by atoms with Crippen molar-refractivity contribution in [2.24, 2.45) is 5.14 Å². The summed E-state index contributed by atoms with van der Waals surface area (Å²) in [7, 11) is -2.12. The highest BCUT2D eigenvalue weighted by Crippen LogP contribution is 2.22. The van der Waals surface area contributed by atoms with Crippen LogP contribution in [0.2, 0.25) is 0 Å². The summed E-state index contributed by atoms with van der Waals surface area (Å²) in [6.45, 7) is 3.30. The molecule has 1 amide bonds. The number of nitrogens with one attached hydrogen (secondary N) is 2. The smallest absolute Gasteiger partial charge is 0.241 e. The van der Waals surface area contributed by atoms with Crippen LogP contribution in [0, 0.1) is 6.92 Å². The van der Waals surface area contributed by atoms with Gasteiger partial charge in [0.1, 0.15) is 0 Å². The highest BCUT2D eigenvalue weighted by molar-refractivity contribution is 7.89. The molecule has 1 aromatic carbocycles. The van der Waals surface area contributed by atoms with E-state index < -0.39 is 10.0 Å². The second kappa shape index (κ2) is 5.47. The van der Waals surface area contributed by atoms with Crippen molar-refractivity contribution in [3.8, 4) is 0 Å². The van der Waals surface area contributed by atoms with Gasteiger partial charge < -0.3 is 10.6 Å². The van der Waals surface area contributed by atoms with Gasteiger partial charge in [0, 0.05) is 5.69 Å². The lowest BCUT2D eigenvalue weighted by Crippen LogP contribution is -2.35. The molecule has 7 heteroatoms. The summed E-state index contributed by atoms with van der Waals surface area (Å²) < 4.78 is 22.7. The van der Waals surface area contributed by atoms with Crippen LogP contribution in [0.1, 0.15) is 12.5 Å². The van der Waals surface area contributed by atoms with Crippen LogP contribution in [-0.2, 0) is 14.8 Å². The molecule has 0 aliphatic heterocycles. The van der Waals surface area contributed by atoms with Gasteiger partial charge in [-0.2, -0.15) is 0 Å². The van der Waals surface area contributed by atoms with Gasteiger partial charge in [0.05, 0.1) is 10.9 Å². The summed E-state index contributed by atoms with van der Waals surface area (Å²) >= 11 is 0. The van der Waals surface area contributed by atoms with E-state index in [-0.39, 0.29) is 16.8 Å². The lowest BCUT2D eigenvalue weighted by molar-refractivity contribution is -0.117. The number of anilines is 1. The quantitative estimate of drug-likeness (QED) is 0.727. The molecule has 0 saturated carbocycles. The number of benzene rings is 1. The monoisotopic (exact) mass is 271 g/mol. The molecule has 0 fully saturated rings. The molecular formula is C11H17N3O3S. The third-order valence-electron chi connectivity index (χ3n) is 2.67. The summed E-state index contributed by atoms with van der Waals surface area (Å²) in [4.78, 5) is 11.7. The molecule has 0 aliphatic carbocycles. The fourth-order valence-corrected chi connectivity index (χ4v) is 2.24. The van der Waals surface area contributed by atoms with E-state index in [1.165, 1.54) is 12.1 Å². The highest BCUT2D eigenvalue weighted by atomic mass is 32.2. The minimum atomic E-state index is -3.78. The lowest BCUT2D eigenvalue weighted by atomic mass is 10.2. The molecule has 0 bridgehead atoms. The Kier molecular flexibility index (Phi) is 4.44. The number of sulfonamides is 1. The largest absolute Gasteiger partial charge is 0.324 e. The number of nitrogens with two attached hydrogens (primary N) is 1. The molecule has 0 saturated heterocycles. The van der Waals surface area contributed by atoms with Gasteiger partial charge in [-0.15, -0.1) is 0 Å². The number of rotatable bonds is 4. The van der Waals surface area contributed by atoms with Crippen molar-refractivity contribution in [3.05, 3.63) is 23.8 Å². The number of hydrogen-bond acceptors (Lipinski definition) is 4. The first kappa shape index (κ1) is 14.6. The minimum Gasteiger partial charge on any atom is -0.324 e. The first-order valence-corrected chi connectivity index (χ1v) is 6.92. The molecule has 1 unspecified atom stereocenters. The average Bonchev–Trinajstić information content (AvgIpc) is 2.29. The first-order valence-electron chi connectivity index (χ1n) is 5.38. The zero-order valence-corrected chi connectivity index (χ0v) is 11.3. The number of primary sulfonamides is 1. The van der Waals surface area contributed by atoms with Crippen LogP contribution in [0.4, 0.5) is 5.69 Å². The Morgan fingerprint density at radius 1 is 1.39 bits per heavy atom. The van der Waals surface area contributed by atoms with Crippen molar-refractivity contribution >= 4 is 21.6 Å². The number of likely N-dealkylation sites (N-methyl/N-ethyl adjacent to an activating group) is 1. The maximum Gasteiger partial charge on any atom is 0.241 e. The summed E-state index contributed by atoms with van der Waals surface area (Å²) in [5, 5.41) is 10.5. The van der Waals surface area contributed by atoms with E-state index in [1.807, 2.05) is 0 Å². The van der Waals surface area contributed by atoms with E-state index in [2.05, 4.69) is 10.6 Å². The average molecular weight is 271 g/mol. The molecule has 6 nitrogen and oxygen atoms in total. The second-order valence-electron chi connectivity index (χ2n) is 3.97. The van der Waals surface area contributed by atoms with Gasteiger partial charge in [-0.1, -0.05) is 6.07 Å². The van der Waals surface area contributed by atoms with Gasteiger partial charge in [0.25, 0.3) is 0 Å². The van der Waals surface area contributed by atoms with Crippen molar-refractivity contribution in [3.63, 3.8) is 0 Å². The number of amides is 1. The van der Waals surface area contributed by atoms with Crippen LogP contribution in [0.15, 0.2) is 23.1 Å². The number of carbonyl (C=O) groups is 1. The molecular weight excluding hydrogens is 254 g/mol. The van der Waals surface area contributed by atoms with Crippen molar-refractivity contribution < 1.29 is 13.2 Å². The van der Waals surface area contributed by atoms with Gasteiger partial charge in [0.15, 0.2) is 0 Å². The molecule has 0 spiro atoms. The van der Waals surface area contributed by atoms with Gasteiger partial charge in [-0.25, -0.2) is 13.6 Å². The van der Waals surface area contributed by atoms with Gasteiger partial charge in [-0.05, 0) is 38.6 Å². The van der Waals surface area contributed by atoms with Crippen LogP contribution in [0.25, 0.3) is 0 Å². The molecule has 100 valence electrons. The molecule has 4 N–H and O–H groups in total. The van der Waals surface area contributed by atoms with Gasteiger partial charge in [0.2, 0.25) is 15.9 Å². The van der Waals surface area contributed by atoms with Crippen LogP contribution in [-0.4, -0.2) is 27.4 Å². The van der Waals surface area contributed by atoms with Crippen molar-refractivity contribution in [2.75, 3.05) is 12.4 Å². The molecule has 18 heavy (non-hydrogen) atoms. The highest BCUT2D eigenvalue weighted by Gasteiger charge is 2.16. The Balaban J connectivity index is 3.10. The van der Waals surface area contributed by atoms with Crippen LogP contribution >= 0.6 is 0 Å². The van der Waals surface area contributed by atoms with Crippen molar-refractivity contribution in [1.82, 2.24) is 5.32 Å². The molecule has 1 rings (SSSR count). The van der Waals surface area contributed by atoms with E-state index in [1.54, 1.807) is 27.0 Å². The zero-order valence-electron chi connectivity index (χ0n) is 10.5. The Hall–Kier alpha value is -1.44. The Bertz CT molecular complexity index is 555. The number of hydrogen-bond donors (Lipinski definition) is 3. The molecule has 0 radical (unpaired) electrons. The summed E-state index contributed by atoms with van der Waals surface area (Å²) in [5.41, 5.74) is 0.866. The molecule has 0 aliphatic rings. The maximum absolute atomic E-state index is 11.7. The topological polar surface area (TPSA) is 101 Å². The predicted molar refractivity (Wildman–Crippen MR) is 69.7 cm³/mol. The summed E-state index contributed by atoms with van der Waals surface area (Å²) in [5.74, 6) is -0.243. The Labute approximate surface area is 107 Å². The van der Waals surface area contributed by atoms with E-state index in [0.29, 0.717) is 11.3 Å². The van der Waals surface area contributed by atoms with Crippen molar-refractivity contribution in [2.45, 2.75) is 24.8 Å².